The molecule has 0 aliphatic heterocycles. The fourth-order valence-electron chi connectivity index (χ4n) is 10.7. The fraction of sp³-hybridized carbons (Fsp3) is 0.200. The van der Waals surface area contributed by atoms with Gasteiger partial charge in [-0.15, -0.1) is 0 Å². The third kappa shape index (κ3) is 5.26. The van der Waals surface area contributed by atoms with Crippen LogP contribution in [0.5, 0.6) is 0 Å². The molecule has 0 atom stereocenters. The quantitative estimate of drug-likeness (QED) is 0.161. The molecule has 0 N–H and O–H groups in total. The van der Waals surface area contributed by atoms with Crippen LogP contribution in [0.3, 0.4) is 0 Å². The van der Waals surface area contributed by atoms with Crippen molar-refractivity contribution in [1.29, 1.82) is 0 Å². The van der Waals surface area contributed by atoms with Gasteiger partial charge in [0.1, 0.15) is 0 Å². The highest BCUT2D eigenvalue weighted by molar-refractivity contribution is 6.31. The van der Waals surface area contributed by atoms with Gasteiger partial charge in [-0.2, -0.15) is 0 Å². The summed E-state index contributed by atoms with van der Waals surface area (Å²) in [5.74, 6) is 0. The normalized spacial score (nSPS) is 13.3. The molecule has 1 heteroatoms. The van der Waals surface area contributed by atoms with Crippen LogP contribution in [0, 0.1) is 0 Å². The van der Waals surface area contributed by atoms with Gasteiger partial charge >= 0.3 is 0 Å². The van der Waals surface area contributed by atoms with E-state index in [1.54, 1.807) is 0 Å². The largest absolute Gasteiger partial charge is 0.309 e. The molecule has 0 heterocycles. The first-order valence-corrected chi connectivity index (χ1v) is 22.1. The Morgan fingerprint density at radius 1 is 0.246 bits per heavy atom. The molecular weight excluding hydrogens is 735 g/mol. The van der Waals surface area contributed by atoms with Crippen molar-refractivity contribution in [2.24, 2.45) is 0 Å². The minimum absolute atomic E-state index is 0.0546. The maximum absolute atomic E-state index is 2.60. The number of rotatable bonds is 3. The van der Waals surface area contributed by atoms with E-state index in [0.29, 0.717) is 0 Å². The molecule has 0 bridgehead atoms. The van der Waals surface area contributed by atoms with Crippen molar-refractivity contribution in [3.8, 4) is 0 Å². The van der Waals surface area contributed by atoms with E-state index in [1.807, 2.05) is 0 Å². The van der Waals surface area contributed by atoms with Gasteiger partial charge < -0.3 is 4.90 Å². The smallest absolute Gasteiger partial charge is 0.0541 e. The van der Waals surface area contributed by atoms with E-state index in [-0.39, 0.29) is 16.2 Å². The summed E-state index contributed by atoms with van der Waals surface area (Å²) in [4.78, 5) is 2.60. The SMILES string of the molecule is CC(C)(C)c1cc2ccc3ccc(N(c4ccc5ccc6cc(C(C)(C)C)cc7ccc4c5c67)c4ccc5ccc6cc(C(C)(C)C)cc7ccc4c5c67)c4ccc(c1)c2c34. The second-order valence-electron chi connectivity index (χ2n) is 21.1. The molecule has 0 aliphatic carbocycles. The molecule has 0 amide bonds. The number of nitrogens with zero attached hydrogens (tertiary/aromatic N) is 1. The Morgan fingerprint density at radius 3 is 0.705 bits per heavy atom. The van der Waals surface area contributed by atoms with Gasteiger partial charge in [-0.1, -0.05) is 190 Å². The van der Waals surface area contributed by atoms with Crippen molar-refractivity contribution in [2.75, 3.05) is 4.90 Å². The molecule has 0 unspecified atom stereocenters. The van der Waals surface area contributed by atoms with Crippen LogP contribution in [0.25, 0.3) is 97.0 Å². The summed E-state index contributed by atoms with van der Waals surface area (Å²) in [6, 6.07) is 57.0. The van der Waals surface area contributed by atoms with Crippen LogP contribution >= 0.6 is 0 Å². The molecule has 12 rings (SSSR count). The summed E-state index contributed by atoms with van der Waals surface area (Å²) < 4.78 is 0. The maximum Gasteiger partial charge on any atom is 0.0541 e. The summed E-state index contributed by atoms with van der Waals surface area (Å²) in [5.41, 5.74) is 7.84. The van der Waals surface area contributed by atoms with Gasteiger partial charge in [0, 0.05) is 16.2 Å². The van der Waals surface area contributed by atoms with E-state index in [0.717, 1.165) is 0 Å². The summed E-state index contributed by atoms with van der Waals surface area (Å²) in [5, 5.41) is 23.5. The molecular formula is C60H51N. The van der Waals surface area contributed by atoms with Crippen molar-refractivity contribution in [3.63, 3.8) is 0 Å². The number of benzene rings is 12. The van der Waals surface area contributed by atoms with Crippen molar-refractivity contribution in [3.05, 3.63) is 162 Å². The Hall–Kier alpha value is -6.44. The number of hydrogen-bond acceptors (Lipinski definition) is 1. The number of hydrogen-bond donors (Lipinski definition) is 0. The molecule has 0 radical (unpaired) electrons. The molecule has 296 valence electrons. The lowest BCUT2D eigenvalue weighted by Crippen LogP contribution is -2.13. The molecule has 0 saturated carbocycles. The van der Waals surface area contributed by atoms with Crippen LogP contribution in [-0.2, 0) is 16.2 Å². The van der Waals surface area contributed by atoms with Gasteiger partial charge in [-0.05, 0) is 132 Å². The minimum atomic E-state index is 0.0546. The first kappa shape index (κ1) is 36.4. The molecule has 12 aromatic rings. The zero-order chi connectivity index (χ0) is 41.9. The summed E-state index contributed by atoms with van der Waals surface area (Å²) >= 11 is 0. The second-order valence-corrected chi connectivity index (χ2v) is 21.1. The lowest BCUT2D eigenvalue weighted by atomic mass is 9.83. The first-order chi connectivity index (χ1) is 29.1. The van der Waals surface area contributed by atoms with E-state index in [4.69, 9.17) is 0 Å². The van der Waals surface area contributed by atoms with Crippen LogP contribution in [0.1, 0.15) is 79.0 Å². The third-order valence-electron chi connectivity index (χ3n) is 14.0. The maximum atomic E-state index is 2.60. The fourth-order valence-corrected chi connectivity index (χ4v) is 10.7. The molecule has 1 nitrogen and oxygen atoms in total. The van der Waals surface area contributed by atoms with Gasteiger partial charge in [0.05, 0.1) is 17.1 Å². The van der Waals surface area contributed by atoms with Gasteiger partial charge in [0.2, 0.25) is 0 Å². The highest BCUT2D eigenvalue weighted by atomic mass is 15.1. The molecule has 12 aromatic carbocycles. The zero-order valence-electron chi connectivity index (χ0n) is 36.8. The van der Waals surface area contributed by atoms with E-state index < -0.39 is 0 Å². The number of anilines is 3. The Kier molecular flexibility index (Phi) is 7.23. The van der Waals surface area contributed by atoms with Crippen molar-refractivity contribution >= 4 is 114 Å². The zero-order valence-corrected chi connectivity index (χ0v) is 36.8. The van der Waals surface area contributed by atoms with Crippen LogP contribution in [0.15, 0.2) is 146 Å². The summed E-state index contributed by atoms with van der Waals surface area (Å²) in [7, 11) is 0. The van der Waals surface area contributed by atoms with Crippen LogP contribution in [0.4, 0.5) is 17.1 Å². The van der Waals surface area contributed by atoms with Crippen LogP contribution in [0.2, 0.25) is 0 Å². The van der Waals surface area contributed by atoms with E-state index in [2.05, 4.69) is 213 Å². The molecule has 0 fully saturated rings. The predicted molar refractivity (Wildman–Crippen MR) is 268 cm³/mol. The molecule has 0 aromatic heterocycles. The summed E-state index contributed by atoms with van der Waals surface area (Å²) in [6.45, 7) is 20.8. The topological polar surface area (TPSA) is 3.24 Å². The van der Waals surface area contributed by atoms with Gasteiger partial charge in [0.25, 0.3) is 0 Å². The van der Waals surface area contributed by atoms with Crippen LogP contribution < -0.4 is 4.90 Å². The second kappa shape index (κ2) is 12.1. The molecule has 0 spiro atoms. The molecule has 0 saturated heterocycles. The van der Waals surface area contributed by atoms with Crippen molar-refractivity contribution < 1.29 is 0 Å². The average Bonchev–Trinajstić information content (AvgIpc) is 3.23. The predicted octanol–water partition coefficient (Wildman–Crippen LogP) is 17.7. The lowest BCUT2D eigenvalue weighted by Gasteiger charge is -2.31. The van der Waals surface area contributed by atoms with Gasteiger partial charge in [-0.3, -0.25) is 0 Å². The van der Waals surface area contributed by atoms with Gasteiger partial charge in [0.15, 0.2) is 0 Å². The van der Waals surface area contributed by atoms with Crippen molar-refractivity contribution in [1.82, 2.24) is 0 Å². The van der Waals surface area contributed by atoms with E-state index in [1.165, 1.54) is 131 Å². The Bertz CT molecular complexity index is 3300. The van der Waals surface area contributed by atoms with Crippen LogP contribution in [-0.4, -0.2) is 0 Å². The average molecular weight is 786 g/mol. The molecule has 0 aliphatic rings. The third-order valence-corrected chi connectivity index (χ3v) is 14.0. The van der Waals surface area contributed by atoms with E-state index >= 15 is 0 Å². The molecule has 61 heavy (non-hydrogen) atoms. The Labute approximate surface area is 358 Å². The first-order valence-electron chi connectivity index (χ1n) is 22.1. The van der Waals surface area contributed by atoms with Gasteiger partial charge in [-0.25, -0.2) is 0 Å². The van der Waals surface area contributed by atoms with E-state index in [9.17, 15) is 0 Å². The Balaban J connectivity index is 1.20. The summed E-state index contributed by atoms with van der Waals surface area (Å²) in [6.07, 6.45) is 0. The standard InChI is InChI=1S/C60H51N/c1-58(2,3)43-28-37-13-10-34-19-25-49(46-22-16-40(31-43)52(37)55(34)46)61(50-26-20-35-11-14-38-29-44(59(4,5)6)32-41-17-23-47(50)56(35)53(38)41)51-27-21-36-12-15-39-30-45(60(7,8)9)33-42-18-24-48(51)57(36)54(39)42/h10-33H,1-9H3. The highest BCUT2D eigenvalue weighted by Crippen LogP contribution is 2.51. The Morgan fingerprint density at radius 2 is 0.459 bits per heavy atom. The monoisotopic (exact) mass is 785 g/mol. The lowest BCUT2D eigenvalue weighted by molar-refractivity contribution is 0.591. The minimum Gasteiger partial charge on any atom is -0.309 e. The highest BCUT2D eigenvalue weighted by Gasteiger charge is 2.26. The van der Waals surface area contributed by atoms with Crippen molar-refractivity contribution in [2.45, 2.75) is 78.6 Å².